The van der Waals surface area contributed by atoms with E-state index < -0.39 is 15.6 Å². The van der Waals surface area contributed by atoms with Gasteiger partial charge in [-0.05, 0) is 46.2 Å². The van der Waals surface area contributed by atoms with E-state index in [9.17, 15) is 9.13 Å². The van der Waals surface area contributed by atoms with Crippen LogP contribution in [0.15, 0.2) is 48.5 Å². The van der Waals surface area contributed by atoms with Crippen LogP contribution in [0.1, 0.15) is 52.7 Å². The summed E-state index contributed by atoms with van der Waals surface area (Å²) in [5.74, 6) is 0.196. The van der Waals surface area contributed by atoms with E-state index in [0.717, 1.165) is 11.1 Å². The van der Waals surface area contributed by atoms with Gasteiger partial charge in [0.1, 0.15) is 11.5 Å². The third-order valence-electron chi connectivity index (χ3n) is 4.08. The molecule has 7 nitrogen and oxygen atoms in total. The summed E-state index contributed by atoms with van der Waals surface area (Å²) in [7, 11) is -9.81. The second-order valence-corrected chi connectivity index (χ2v) is 11.6. The van der Waals surface area contributed by atoms with Crippen molar-refractivity contribution in [2.45, 2.75) is 52.4 Å². The molecule has 2 rings (SSSR count). The van der Waals surface area contributed by atoms with Gasteiger partial charge >= 0.3 is 15.6 Å². The van der Waals surface area contributed by atoms with Crippen LogP contribution in [0.3, 0.4) is 0 Å². The van der Waals surface area contributed by atoms with Gasteiger partial charge in [0.15, 0.2) is 0 Å². The molecule has 0 radical (unpaired) electrons. The van der Waals surface area contributed by atoms with Crippen LogP contribution in [0, 0.1) is 0 Å². The molecule has 0 heterocycles. The highest BCUT2D eigenvalue weighted by molar-refractivity contribution is 7.61. The lowest BCUT2D eigenvalue weighted by molar-refractivity contribution is 0.233. The zero-order chi connectivity index (χ0) is 22.1. The van der Waals surface area contributed by atoms with E-state index >= 15 is 0 Å². The highest BCUT2D eigenvalue weighted by Gasteiger charge is 2.39. The highest BCUT2D eigenvalue weighted by Crippen LogP contribution is 2.60. The van der Waals surface area contributed by atoms with Crippen LogP contribution in [0.4, 0.5) is 0 Å². The fraction of sp³-hybridized carbons (Fsp3) is 0.400. The lowest BCUT2D eigenvalue weighted by Gasteiger charge is -2.22. The summed E-state index contributed by atoms with van der Waals surface area (Å²) in [5.41, 5.74) is 1.81. The van der Waals surface area contributed by atoms with Crippen molar-refractivity contribution in [3.8, 4) is 11.5 Å². The zero-order valence-corrected chi connectivity index (χ0v) is 19.2. The van der Waals surface area contributed by atoms with Gasteiger partial charge in [0.2, 0.25) is 0 Å². The van der Waals surface area contributed by atoms with Gasteiger partial charge in [-0.1, -0.05) is 65.8 Å². The Hall–Kier alpha value is -1.62. The quantitative estimate of drug-likeness (QED) is 0.533. The Bertz CT molecular complexity index is 854. The Morgan fingerprint density at radius 1 is 0.655 bits per heavy atom. The first-order chi connectivity index (χ1) is 13.1. The van der Waals surface area contributed by atoms with Crippen molar-refractivity contribution in [3.63, 3.8) is 0 Å². The van der Waals surface area contributed by atoms with Crippen molar-refractivity contribution in [3.05, 3.63) is 59.7 Å². The van der Waals surface area contributed by atoms with E-state index in [-0.39, 0.29) is 22.3 Å². The van der Waals surface area contributed by atoms with E-state index in [1.165, 1.54) is 0 Å². The summed E-state index contributed by atoms with van der Waals surface area (Å²) in [5, 5.41) is 0. The molecule has 0 aliphatic rings. The summed E-state index contributed by atoms with van der Waals surface area (Å²) in [4.78, 5) is 18.3. The van der Waals surface area contributed by atoms with E-state index in [0.29, 0.717) is 0 Å². The fourth-order valence-electron chi connectivity index (χ4n) is 2.47. The first-order valence-electron chi connectivity index (χ1n) is 9.05. The molecule has 0 fully saturated rings. The normalized spacial score (nSPS) is 13.2. The number of hydrogen-bond donors (Lipinski definition) is 2. The van der Waals surface area contributed by atoms with Crippen LogP contribution in [-0.2, 0) is 24.3 Å². The molecule has 160 valence electrons. The Balaban J connectivity index is 2.29. The van der Waals surface area contributed by atoms with Crippen molar-refractivity contribution < 1.29 is 32.3 Å². The molecule has 29 heavy (non-hydrogen) atoms. The van der Waals surface area contributed by atoms with Crippen LogP contribution in [0.5, 0.6) is 11.5 Å². The Morgan fingerprint density at radius 2 is 0.966 bits per heavy atom. The third kappa shape index (κ3) is 7.29. The van der Waals surface area contributed by atoms with Gasteiger partial charge in [-0.25, -0.2) is 9.13 Å². The number of phosphoric ester groups is 1. The lowest BCUT2D eigenvalue weighted by Crippen LogP contribution is -2.11. The van der Waals surface area contributed by atoms with E-state index in [2.05, 4.69) is 4.31 Å². The highest BCUT2D eigenvalue weighted by atomic mass is 31.3. The van der Waals surface area contributed by atoms with Crippen LogP contribution >= 0.6 is 15.6 Å². The number of rotatable bonds is 6. The van der Waals surface area contributed by atoms with Gasteiger partial charge in [0.25, 0.3) is 0 Å². The average molecular weight is 442 g/mol. The monoisotopic (exact) mass is 442 g/mol. The summed E-state index contributed by atoms with van der Waals surface area (Å²) < 4.78 is 39.2. The minimum atomic E-state index is -5.15. The molecule has 9 heteroatoms. The SMILES string of the molecule is CC(C)(C)c1ccc(OP(=O)(Oc2ccc(C(C)(C)C)cc2)OP(=O)(O)O)cc1. The third-order valence-corrected chi connectivity index (χ3v) is 6.60. The minimum Gasteiger partial charge on any atom is -0.395 e. The lowest BCUT2D eigenvalue weighted by atomic mass is 9.87. The first kappa shape index (κ1) is 23.7. The predicted molar refractivity (Wildman–Crippen MR) is 112 cm³/mol. The molecule has 0 unspecified atom stereocenters. The second-order valence-electron chi connectivity index (χ2n) is 8.75. The maximum atomic E-state index is 13.0. The molecule has 0 saturated carbocycles. The van der Waals surface area contributed by atoms with Crippen LogP contribution in [0.2, 0.25) is 0 Å². The van der Waals surface area contributed by atoms with Gasteiger partial charge in [0.05, 0.1) is 0 Å². The molecule has 0 aliphatic carbocycles. The largest absolute Gasteiger partial charge is 0.596 e. The number of phosphoric acid groups is 2. The van der Waals surface area contributed by atoms with Crippen molar-refractivity contribution in [1.82, 2.24) is 0 Å². The van der Waals surface area contributed by atoms with Crippen LogP contribution in [0.25, 0.3) is 0 Å². The van der Waals surface area contributed by atoms with Crippen LogP contribution in [-0.4, -0.2) is 9.79 Å². The van der Waals surface area contributed by atoms with Gasteiger partial charge in [-0.15, -0.1) is 0 Å². The Labute approximate surface area is 171 Å². The summed E-state index contributed by atoms with van der Waals surface area (Å²) in [6, 6.07) is 13.3. The van der Waals surface area contributed by atoms with Crippen molar-refractivity contribution in [2.24, 2.45) is 0 Å². The van der Waals surface area contributed by atoms with Gasteiger partial charge in [-0.3, -0.25) is 0 Å². The van der Waals surface area contributed by atoms with Crippen molar-refractivity contribution >= 4 is 15.6 Å². The molecule has 0 saturated heterocycles. The van der Waals surface area contributed by atoms with Crippen LogP contribution < -0.4 is 9.05 Å². The molecule has 2 aromatic rings. The predicted octanol–water partition coefficient (Wildman–Crippen LogP) is 5.96. The van der Waals surface area contributed by atoms with Crippen molar-refractivity contribution in [2.75, 3.05) is 0 Å². The molecule has 2 N–H and O–H groups in total. The molecular weight excluding hydrogens is 414 g/mol. The molecule has 0 aliphatic heterocycles. The molecule has 0 bridgehead atoms. The summed E-state index contributed by atoms with van der Waals surface area (Å²) in [6.07, 6.45) is 0. The van der Waals surface area contributed by atoms with Gasteiger partial charge in [0, 0.05) is 0 Å². The molecule has 0 amide bonds. The standard InChI is InChI=1S/C20H28O7P2/c1-19(2,3)15-7-11-17(12-8-15)25-29(24,27-28(21,22)23)26-18-13-9-16(10-14-18)20(4,5)6/h7-14H,1-6H3,(H2,21,22,23). The average Bonchev–Trinajstić information content (AvgIpc) is 2.52. The summed E-state index contributed by atoms with van der Waals surface area (Å²) in [6.45, 7) is 12.2. The van der Waals surface area contributed by atoms with Gasteiger partial charge < -0.3 is 18.8 Å². The molecule has 2 aromatic carbocycles. The molecule has 0 atom stereocenters. The van der Waals surface area contributed by atoms with E-state index in [1.807, 2.05) is 41.5 Å². The van der Waals surface area contributed by atoms with E-state index in [1.54, 1.807) is 48.5 Å². The van der Waals surface area contributed by atoms with Gasteiger partial charge in [-0.2, -0.15) is 4.31 Å². The number of benzene rings is 2. The molecule has 0 spiro atoms. The topological polar surface area (TPSA) is 102 Å². The second kappa shape index (κ2) is 8.25. The van der Waals surface area contributed by atoms with Crippen molar-refractivity contribution in [1.29, 1.82) is 0 Å². The number of hydrogen-bond acceptors (Lipinski definition) is 5. The maximum absolute atomic E-state index is 13.0. The fourth-order valence-corrected chi connectivity index (χ4v) is 4.58. The zero-order valence-electron chi connectivity index (χ0n) is 17.4. The molecular formula is C20H28O7P2. The smallest absolute Gasteiger partial charge is 0.395 e. The minimum absolute atomic E-state index is 0.0982. The Morgan fingerprint density at radius 3 is 1.21 bits per heavy atom. The first-order valence-corrected chi connectivity index (χ1v) is 12.0. The van der Waals surface area contributed by atoms with E-state index in [4.69, 9.17) is 18.8 Å². The maximum Gasteiger partial charge on any atom is 0.596 e. The summed E-state index contributed by atoms with van der Waals surface area (Å²) >= 11 is 0. The molecule has 0 aromatic heterocycles. The Kier molecular flexibility index (Phi) is 6.73.